The Bertz CT molecular complexity index is 823. The summed E-state index contributed by atoms with van der Waals surface area (Å²) in [4.78, 5) is 12.8. The van der Waals surface area contributed by atoms with Crippen molar-refractivity contribution >= 4 is 21.3 Å². The Morgan fingerprint density at radius 1 is 1.18 bits per heavy atom. The van der Waals surface area contributed by atoms with Gasteiger partial charge in [-0.1, -0.05) is 6.42 Å². The highest BCUT2D eigenvalue weighted by Crippen LogP contribution is 2.40. The van der Waals surface area contributed by atoms with Crippen LogP contribution in [0.4, 0.5) is 0 Å². The molecule has 2 bridgehead atoms. The number of nitrogens with zero attached hydrogens (tertiary/aromatic N) is 3. The van der Waals surface area contributed by atoms with Crippen molar-refractivity contribution in [2.45, 2.75) is 42.6 Å². The number of sulfone groups is 1. The van der Waals surface area contributed by atoms with Crippen LogP contribution in [0.25, 0.3) is 5.65 Å². The molecule has 0 spiro atoms. The maximum atomic E-state index is 12.8. The number of carbonyl (C=O) groups excluding carboxylic acids is 1. The van der Waals surface area contributed by atoms with Crippen LogP contribution in [-0.4, -0.2) is 39.3 Å². The number of aromatic nitrogens is 3. The second-order valence-electron chi connectivity index (χ2n) is 6.31. The van der Waals surface area contributed by atoms with Gasteiger partial charge in [-0.25, -0.2) is 8.42 Å². The first-order valence-corrected chi connectivity index (χ1v) is 9.23. The van der Waals surface area contributed by atoms with Crippen LogP contribution in [0.15, 0.2) is 24.7 Å². The Labute approximate surface area is 128 Å². The van der Waals surface area contributed by atoms with Gasteiger partial charge >= 0.3 is 0 Å². The predicted octanol–water partition coefficient (Wildman–Crippen LogP) is 1.66. The molecule has 2 aromatic heterocycles. The van der Waals surface area contributed by atoms with Gasteiger partial charge in [-0.05, 0) is 37.8 Å². The predicted molar refractivity (Wildman–Crippen MR) is 80.4 cm³/mol. The first-order valence-electron chi connectivity index (χ1n) is 7.62. The van der Waals surface area contributed by atoms with Crippen LogP contribution >= 0.6 is 0 Å². The quantitative estimate of drug-likeness (QED) is 0.786. The number of rotatable bonds is 2. The van der Waals surface area contributed by atoms with Crippen LogP contribution in [0.5, 0.6) is 0 Å². The molecule has 2 saturated heterocycles. The van der Waals surface area contributed by atoms with E-state index in [1.54, 1.807) is 29.1 Å². The second-order valence-corrected chi connectivity index (χ2v) is 8.82. The van der Waals surface area contributed by atoms with Gasteiger partial charge in [0.2, 0.25) is 0 Å². The lowest BCUT2D eigenvalue weighted by atomic mass is 9.85. The first-order chi connectivity index (χ1) is 10.6. The van der Waals surface area contributed by atoms with Gasteiger partial charge < -0.3 is 0 Å². The number of hydrogen-bond acceptors (Lipinski definition) is 5. The molecule has 4 heterocycles. The van der Waals surface area contributed by atoms with E-state index >= 15 is 0 Å². The van der Waals surface area contributed by atoms with Gasteiger partial charge in [-0.2, -0.15) is 0 Å². The lowest BCUT2D eigenvalue weighted by molar-refractivity contribution is 0.0893. The van der Waals surface area contributed by atoms with Crippen molar-refractivity contribution in [1.82, 2.24) is 14.6 Å². The Hall–Kier alpha value is -1.76. The van der Waals surface area contributed by atoms with E-state index in [9.17, 15) is 13.2 Å². The van der Waals surface area contributed by atoms with E-state index in [2.05, 4.69) is 10.2 Å². The van der Waals surface area contributed by atoms with E-state index in [0.29, 0.717) is 36.9 Å². The fourth-order valence-electron chi connectivity index (χ4n) is 3.83. The van der Waals surface area contributed by atoms with Crippen LogP contribution in [-0.2, 0) is 9.84 Å². The molecule has 0 aliphatic carbocycles. The molecule has 2 aliphatic rings. The fraction of sp³-hybridized carbons (Fsp3) is 0.533. The Kier molecular flexibility index (Phi) is 3.07. The van der Waals surface area contributed by atoms with Gasteiger partial charge in [-0.3, -0.25) is 9.20 Å². The Balaban J connectivity index is 1.63. The molecule has 0 N–H and O–H groups in total. The number of ketones is 1. The van der Waals surface area contributed by atoms with Crippen LogP contribution < -0.4 is 0 Å². The average molecular weight is 319 g/mol. The minimum Gasteiger partial charge on any atom is -0.294 e. The van der Waals surface area contributed by atoms with Crippen LogP contribution in [0.2, 0.25) is 0 Å². The summed E-state index contributed by atoms with van der Waals surface area (Å²) in [6.45, 7) is 0. The largest absolute Gasteiger partial charge is 0.294 e. The molecule has 0 aromatic carbocycles. The number of carbonyl (C=O) groups is 1. The number of hydrogen-bond donors (Lipinski definition) is 0. The molecule has 4 rings (SSSR count). The maximum absolute atomic E-state index is 12.8. The maximum Gasteiger partial charge on any atom is 0.167 e. The number of fused-ring (bicyclic) bond motifs is 3. The van der Waals surface area contributed by atoms with Crippen LogP contribution in [0, 0.1) is 5.92 Å². The lowest BCUT2D eigenvalue weighted by Crippen LogP contribution is -2.45. The lowest BCUT2D eigenvalue weighted by Gasteiger charge is -2.38. The third-order valence-electron chi connectivity index (χ3n) is 5.02. The third-order valence-corrected chi connectivity index (χ3v) is 7.74. The summed E-state index contributed by atoms with van der Waals surface area (Å²) in [6, 6.07) is 3.52. The monoisotopic (exact) mass is 319 g/mol. The molecular weight excluding hydrogens is 302 g/mol. The molecule has 6 nitrogen and oxygen atoms in total. The Morgan fingerprint density at radius 3 is 2.64 bits per heavy atom. The van der Waals surface area contributed by atoms with E-state index in [-0.39, 0.29) is 22.2 Å². The molecule has 2 aromatic rings. The van der Waals surface area contributed by atoms with Gasteiger partial charge in [0.1, 0.15) is 6.33 Å². The van der Waals surface area contributed by atoms with Gasteiger partial charge in [0.05, 0.1) is 10.5 Å². The Morgan fingerprint density at radius 2 is 1.91 bits per heavy atom. The smallest absolute Gasteiger partial charge is 0.167 e. The van der Waals surface area contributed by atoms with Crippen molar-refractivity contribution < 1.29 is 13.2 Å². The summed E-state index contributed by atoms with van der Waals surface area (Å²) in [7, 11) is -3.02. The van der Waals surface area contributed by atoms with Gasteiger partial charge in [0, 0.05) is 17.7 Å². The van der Waals surface area contributed by atoms with Crippen molar-refractivity contribution in [3.8, 4) is 0 Å². The van der Waals surface area contributed by atoms with E-state index in [4.69, 9.17) is 0 Å². The standard InChI is InChI=1S/C15H17N3O3S/c19-15(10-4-5-14-17-16-9-18(14)8-10)11-6-12-2-1-3-13(7-11)22(12,20)21/h4-5,8-9,11-13H,1-3,6-7H2. The summed E-state index contributed by atoms with van der Waals surface area (Å²) in [6.07, 6.45) is 6.60. The zero-order valence-electron chi connectivity index (χ0n) is 12.1. The van der Waals surface area contributed by atoms with Crippen molar-refractivity contribution in [2.75, 3.05) is 0 Å². The molecule has 0 amide bonds. The molecule has 22 heavy (non-hydrogen) atoms. The molecule has 0 radical (unpaired) electrons. The fourth-order valence-corrected chi connectivity index (χ4v) is 6.37. The van der Waals surface area contributed by atoms with E-state index in [1.807, 2.05) is 0 Å². The zero-order chi connectivity index (χ0) is 15.3. The highest BCUT2D eigenvalue weighted by atomic mass is 32.2. The van der Waals surface area contributed by atoms with Crippen molar-refractivity contribution in [2.24, 2.45) is 5.92 Å². The molecule has 2 atom stereocenters. The summed E-state index contributed by atoms with van der Waals surface area (Å²) >= 11 is 0. The second kappa shape index (κ2) is 4.87. The normalized spacial score (nSPS) is 30.3. The molecule has 116 valence electrons. The minimum atomic E-state index is -3.02. The topological polar surface area (TPSA) is 81.4 Å². The van der Waals surface area contributed by atoms with Crippen molar-refractivity contribution in [3.05, 3.63) is 30.2 Å². The molecular formula is C15H17N3O3S. The summed E-state index contributed by atoms with van der Waals surface area (Å²) in [5.74, 6) is -0.143. The van der Waals surface area contributed by atoms with E-state index < -0.39 is 9.84 Å². The molecule has 0 saturated carbocycles. The summed E-state index contributed by atoms with van der Waals surface area (Å²) in [5, 5.41) is 7.07. The molecule has 2 unspecified atom stereocenters. The van der Waals surface area contributed by atoms with E-state index in [1.165, 1.54) is 0 Å². The third kappa shape index (κ3) is 2.06. The van der Waals surface area contributed by atoms with Crippen molar-refractivity contribution in [3.63, 3.8) is 0 Å². The van der Waals surface area contributed by atoms with Crippen molar-refractivity contribution in [1.29, 1.82) is 0 Å². The first kappa shape index (κ1) is 13.9. The number of Topliss-reactive ketones (excluding diaryl/α,β-unsaturated/α-hetero) is 1. The molecule has 7 heteroatoms. The minimum absolute atomic E-state index is 0.0439. The van der Waals surface area contributed by atoms with Gasteiger partial charge in [0.25, 0.3) is 0 Å². The zero-order valence-corrected chi connectivity index (χ0v) is 12.9. The SMILES string of the molecule is O=C(c1ccc2nncn2c1)C1CC2CCCC(C1)S2(=O)=O. The average Bonchev–Trinajstić information content (AvgIpc) is 2.92. The summed E-state index contributed by atoms with van der Waals surface area (Å²) in [5.41, 5.74) is 1.30. The molecule has 2 fully saturated rings. The number of pyridine rings is 1. The van der Waals surface area contributed by atoms with Gasteiger partial charge in [0.15, 0.2) is 21.3 Å². The van der Waals surface area contributed by atoms with E-state index in [0.717, 1.165) is 6.42 Å². The van der Waals surface area contributed by atoms with Crippen LogP contribution in [0.3, 0.4) is 0 Å². The highest BCUT2D eigenvalue weighted by Gasteiger charge is 2.46. The summed E-state index contributed by atoms with van der Waals surface area (Å²) < 4.78 is 26.3. The highest BCUT2D eigenvalue weighted by molar-refractivity contribution is 7.92. The van der Waals surface area contributed by atoms with Crippen LogP contribution in [0.1, 0.15) is 42.5 Å². The molecule has 2 aliphatic heterocycles. The van der Waals surface area contributed by atoms with Gasteiger partial charge in [-0.15, -0.1) is 10.2 Å².